The third-order valence-electron chi connectivity index (χ3n) is 4.36. The van der Waals surface area contributed by atoms with Crippen molar-refractivity contribution < 1.29 is 18.0 Å². The first-order chi connectivity index (χ1) is 13.9. The molecule has 1 aromatic heterocycles. The van der Waals surface area contributed by atoms with Gasteiger partial charge in [0.25, 0.3) is 11.1 Å². The van der Waals surface area contributed by atoms with Gasteiger partial charge in [0.15, 0.2) is 0 Å². The summed E-state index contributed by atoms with van der Waals surface area (Å²) in [6.45, 7) is 7.96. The molecule has 9 nitrogen and oxygen atoms in total. The molecule has 2 aromatic rings. The lowest BCUT2D eigenvalue weighted by Crippen LogP contribution is -2.36. The Balaban J connectivity index is 2.25. The second-order valence-corrected chi connectivity index (χ2v) is 9.21. The van der Waals surface area contributed by atoms with Gasteiger partial charge in [-0.05, 0) is 23.0 Å². The number of anilines is 1. The Morgan fingerprint density at radius 2 is 1.47 bits per heavy atom. The summed E-state index contributed by atoms with van der Waals surface area (Å²) in [7, 11) is -1.21. The highest BCUT2D eigenvalue weighted by atomic mass is 32.2. The number of hydrogen-bond acceptors (Lipinski definition) is 6. The fraction of sp³-hybridized carbons (Fsp3) is 0.400. The maximum atomic E-state index is 12.5. The van der Waals surface area contributed by atoms with Gasteiger partial charge in [-0.1, -0.05) is 45.9 Å². The number of aromatic nitrogens is 2. The van der Waals surface area contributed by atoms with Gasteiger partial charge >= 0.3 is 16.1 Å². The Morgan fingerprint density at radius 1 is 0.967 bits per heavy atom. The smallest absolute Gasteiger partial charge is 0.333 e. The molecule has 0 fully saturated rings. The highest BCUT2D eigenvalue weighted by Crippen LogP contribution is 2.32. The second-order valence-electron chi connectivity index (χ2n) is 7.63. The molecule has 162 valence electrons. The number of rotatable bonds is 6. The van der Waals surface area contributed by atoms with Crippen LogP contribution in [0.4, 0.5) is 10.5 Å². The van der Waals surface area contributed by atoms with Crippen LogP contribution in [0.25, 0.3) is 0 Å². The molecule has 2 N–H and O–H groups in total. The molecule has 0 atom stereocenters. The lowest BCUT2D eigenvalue weighted by Gasteiger charge is -2.20. The molecule has 1 heterocycles. The lowest BCUT2D eigenvalue weighted by atomic mass is 9.93. The topological polar surface area (TPSA) is 121 Å². The average Bonchev–Trinajstić information content (AvgIpc) is 2.66. The fourth-order valence-corrected chi connectivity index (χ4v) is 3.60. The van der Waals surface area contributed by atoms with Crippen LogP contribution in [0.2, 0.25) is 0 Å². The van der Waals surface area contributed by atoms with E-state index in [9.17, 15) is 18.0 Å². The summed E-state index contributed by atoms with van der Waals surface area (Å²) in [5.74, 6) is -0.113. The van der Waals surface area contributed by atoms with Crippen molar-refractivity contribution in [1.82, 2.24) is 19.6 Å². The summed E-state index contributed by atoms with van der Waals surface area (Å²) < 4.78 is 26.9. The summed E-state index contributed by atoms with van der Waals surface area (Å²) in [6.07, 6.45) is 2.21. The van der Waals surface area contributed by atoms with Gasteiger partial charge in [-0.15, -0.1) is 0 Å². The molecule has 0 aliphatic carbocycles. The number of urea groups is 1. The highest BCUT2D eigenvalue weighted by Gasteiger charge is 2.23. The molecule has 0 unspecified atom stereocenters. The van der Waals surface area contributed by atoms with Gasteiger partial charge in [-0.3, -0.25) is 4.79 Å². The minimum absolute atomic E-state index is 0.126. The Labute approximate surface area is 177 Å². The highest BCUT2D eigenvalue weighted by molar-refractivity contribution is 7.89. The quantitative estimate of drug-likeness (QED) is 0.676. The Bertz CT molecular complexity index is 1010. The zero-order chi connectivity index (χ0) is 22.6. The summed E-state index contributed by atoms with van der Waals surface area (Å²) in [6, 6.07) is 4.78. The standard InChI is InChI=1S/C20H27N5O4S/c1-12(2)15-8-7-9-16(13(3)4)17(15)23-19(27)24-30(28,29)20-21-10-14(11-22-20)18(26)25(5)6/h7-13H,1-6H3,(H2,23,24,27). The summed E-state index contributed by atoms with van der Waals surface area (Å²) >= 11 is 0. The van der Waals surface area contributed by atoms with Gasteiger partial charge in [0, 0.05) is 32.2 Å². The van der Waals surface area contributed by atoms with Gasteiger partial charge in [0.05, 0.1) is 5.56 Å². The van der Waals surface area contributed by atoms with E-state index in [0.29, 0.717) is 5.69 Å². The summed E-state index contributed by atoms with van der Waals surface area (Å²) in [4.78, 5) is 33.1. The third-order valence-corrected chi connectivity index (χ3v) is 5.51. The SMILES string of the molecule is CC(C)c1cccc(C(C)C)c1NC(=O)NS(=O)(=O)c1ncc(C(=O)N(C)C)cn1. The van der Waals surface area contributed by atoms with E-state index < -0.39 is 21.2 Å². The van der Waals surface area contributed by atoms with Crippen molar-refractivity contribution >= 4 is 27.6 Å². The molecule has 2 rings (SSSR count). The maximum absolute atomic E-state index is 12.5. The lowest BCUT2D eigenvalue weighted by molar-refractivity contribution is 0.0826. The van der Waals surface area contributed by atoms with Crippen molar-refractivity contribution in [3.63, 3.8) is 0 Å². The molecule has 1 aromatic carbocycles. The number of nitrogens with zero attached hydrogens (tertiary/aromatic N) is 3. The van der Waals surface area contributed by atoms with Crippen molar-refractivity contribution in [1.29, 1.82) is 0 Å². The van der Waals surface area contributed by atoms with E-state index in [4.69, 9.17) is 0 Å². The molecule has 0 saturated heterocycles. The molecule has 0 bridgehead atoms. The van der Waals surface area contributed by atoms with Crippen LogP contribution in [0, 0.1) is 0 Å². The summed E-state index contributed by atoms with van der Waals surface area (Å²) in [5.41, 5.74) is 2.52. The minimum atomic E-state index is -4.32. The summed E-state index contributed by atoms with van der Waals surface area (Å²) in [5, 5.41) is 2.06. The van der Waals surface area contributed by atoms with E-state index in [1.807, 2.05) is 50.6 Å². The Morgan fingerprint density at radius 3 is 1.90 bits per heavy atom. The molecular formula is C20H27N5O4S. The van der Waals surface area contributed by atoms with Gasteiger partial charge in [0.2, 0.25) is 0 Å². The van der Waals surface area contributed by atoms with Crippen LogP contribution < -0.4 is 10.0 Å². The van der Waals surface area contributed by atoms with Gasteiger partial charge in [-0.25, -0.2) is 19.5 Å². The van der Waals surface area contributed by atoms with E-state index in [2.05, 4.69) is 15.3 Å². The van der Waals surface area contributed by atoms with Crippen molar-refractivity contribution in [3.05, 3.63) is 47.3 Å². The van der Waals surface area contributed by atoms with E-state index in [1.165, 1.54) is 4.90 Å². The van der Waals surface area contributed by atoms with Crippen molar-refractivity contribution in [3.8, 4) is 0 Å². The number of carbonyl (C=O) groups excluding carboxylic acids is 2. The molecule has 10 heteroatoms. The van der Waals surface area contributed by atoms with Gasteiger partial charge in [-0.2, -0.15) is 8.42 Å². The molecule has 30 heavy (non-hydrogen) atoms. The number of amides is 3. The molecular weight excluding hydrogens is 406 g/mol. The average molecular weight is 434 g/mol. The number of carbonyl (C=O) groups is 2. The molecule has 0 spiro atoms. The van der Waals surface area contributed by atoms with Gasteiger partial charge in [0.1, 0.15) is 0 Å². The predicted octanol–water partition coefficient (Wildman–Crippen LogP) is 2.94. The third kappa shape index (κ3) is 5.32. The maximum Gasteiger partial charge on any atom is 0.333 e. The first-order valence-corrected chi connectivity index (χ1v) is 10.9. The van der Waals surface area contributed by atoms with Crippen molar-refractivity contribution in [2.45, 2.75) is 44.7 Å². The number of benzene rings is 1. The Hall–Kier alpha value is -3.01. The van der Waals surface area contributed by atoms with Crippen molar-refractivity contribution in [2.24, 2.45) is 0 Å². The molecule has 0 radical (unpaired) electrons. The zero-order valence-corrected chi connectivity index (χ0v) is 18.7. The van der Waals surface area contributed by atoms with Gasteiger partial charge < -0.3 is 10.2 Å². The van der Waals surface area contributed by atoms with Crippen LogP contribution in [0.5, 0.6) is 0 Å². The van der Waals surface area contributed by atoms with Crippen LogP contribution in [-0.4, -0.2) is 49.3 Å². The van der Waals surface area contributed by atoms with E-state index in [-0.39, 0.29) is 23.3 Å². The normalized spacial score (nSPS) is 11.5. The first kappa shape index (κ1) is 23.3. The van der Waals surface area contributed by atoms with Crippen LogP contribution in [0.1, 0.15) is 61.0 Å². The van der Waals surface area contributed by atoms with Crippen LogP contribution in [0.15, 0.2) is 35.7 Å². The minimum Gasteiger partial charge on any atom is -0.345 e. The second kappa shape index (κ2) is 9.21. The molecule has 3 amide bonds. The Kier molecular flexibility index (Phi) is 7.14. The molecule has 0 aliphatic rings. The monoisotopic (exact) mass is 433 g/mol. The molecule has 0 aliphatic heterocycles. The predicted molar refractivity (Wildman–Crippen MR) is 114 cm³/mol. The number of para-hydroxylation sites is 1. The van der Waals surface area contributed by atoms with E-state index in [0.717, 1.165) is 23.5 Å². The van der Waals surface area contributed by atoms with Crippen LogP contribution >= 0.6 is 0 Å². The molecule has 0 saturated carbocycles. The largest absolute Gasteiger partial charge is 0.345 e. The van der Waals surface area contributed by atoms with Crippen LogP contribution in [-0.2, 0) is 10.0 Å². The zero-order valence-electron chi connectivity index (χ0n) is 17.9. The van der Waals surface area contributed by atoms with Crippen LogP contribution in [0.3, 0.4) is 0 Å². The van der Waals surface area contributed by atoms with E-state index >= 15 is 0 Å². The van der Waals surface area contributed by atoms with E-state index in [1.54, 1.807) is 14.1 Å². The number of nitrogens with one attached hydrogen (secondary N) is 2. The number of sulfonamides is 1. The fourth-order valence-electron chi connectivity index (χ4n) is 2.83. The number of hydrogen-bond donors (Lipinski definition) is 2. The van der Waals surface area contributed by atoms with Crippen molar-refractivity contribution in [2.75, 3.05) is 19.4 Å². The first-order valence-electron chi connectivity index (χ1n) is 9.44.